The van der Waals surface area contributed by atoms with Crippen molar-refractivity contribution in [2.24, 2.45) is 15.4 Å². The molecule has 0 aliphatic carbocycles. The van der Waals surface area contributed by atoms with Gasteiger partial charge >= 0.3 is 0 Å². The lowest BCUT2D eigenvalue weighted by Crippen LogP contribution is -2.07. The molecule has 0 spiro atoms. The van der Waals surface area contributed by atoms with Crippen molar-refractivity contribution in [1.29, 1.82) is 0 Å². The number of aryl methyl sites for hydroxylation is 1. The van der Waals surface area contributed by atoms with Crippen LogP contribution in [-0.2, 0) is 6.61 Å². The molecule has 2 heterocycles. The molecule has 0 amide bonds. The summed E-state index contributed by atoms with van der Waals surface area (Å²) in [6.07, 6.45) is 0.744. The van der Waals surface area contributed by atoms with E-state index in [0.29, 0.717) is 13.2 Å². The summed E-state index contributed by atoms with van der Waals surface area (Å²) in [5.74, 6) is 7.24. The molecular weight excluding hydrogens is 550 g/mol. The lowest BCUT2D eigenvalue weighted by molar-refractivity contribution is 0.306. The largest absolute Gasteiger partial charge is 0.489 e. The van der Waals surface area contributed by atoms with Gasteiger partial charge in [-0.2, -0.15) is 18.6 Å². The van der Waals surface area contributed by atoms with Gasteiger partial charge in [0.15, 0.2) is 0 Å². The SMILES string of the molecule is CC#C[C@@H](CC1=NN=NC1)c1ccc(OCc2ccc3sc(Br)c(-c4ccccc4C)c3c2)cc1.S. The molecular formula is C29H26BrN3OS2. The van der Waals surface area contributed by atoms with Crippen LogP contribution in [0, 0.1) is 18.8 Å². The molecule has 7 heteroatoms. The van der Waals surface area contributed by atoms with Crippen molar-refractivity contribution in [2.45, 2.75) is 32.8 Å². The van der Waals surface area contributed by atoms with E-state index in [2.05, 4.69) is 105 Å². The lowest BCUT2D eigenvalue weighted by atomic mass is 9.94. The van der Waals surface area contributed by atoms with E-state index in [9.17, 15) is 0 Å². The molecule has 0 radical (unpaired) electrons. The number of fused-ring (bicyclic) bond motifs is 1. The maximum absolute atomic E-state index is 6.15. The van der Waals surface area contributed by atoms with Crippen molar-refractivity contribution in [1.82, 2.24) is 0 Å². The van der Waals surface area contributed by atoms with Gasteiger partial charge in [0.25, 0.3) is 0 Å². The number of rotatable bonds is 7. The summed E-state index contributed by atoms with van der Waals surface area (Å²) in [5.41, 5.74) is 7.04. The number of halogens is 1. The molecule has 1 atom stereocenters. The van der Waals surface area contributed by atoms with E-state index >= 15 is 0 Å². The quantitative estimate of drug-likeness (QED) is 0.203. The molecule has 3 aromatic carbocycles. The van der Waals surface area contributed by atoms with Crippen LogP contribution in [0.2, 0.25) is 0 Å². The molecule has 0 saturated heterocycles. The van der Waals surface area contributed by atoms with Crippen LogP contribution in [0.3, 0.4) is 0 Å². The van der Waals surface area contributed by atoms with Gasteiger partial charge in [0.1, 0.15) is 18.9 Å². The summed E-state index contributed by atoms with van der Waals surface area (Å²) >= 11 is 5.57. The highest BCUT2D eigenvalue weighted by molar-refractivity contribution is 9.11. The molecule has 1 aliphatic rings. The summed E-state index contributed by atoms with van der Waals surface area (Å²) < 4.78 is 8.57. The van der Waals surface area contributed by atoms with Gasteiger partial charge in [-0.15, -0.1) is 22.4 Å². The zero-order valence-corrected chi connectivity index (χ0v) is 23.5. The Morgan fingerprint density at radius 1 is 1.08 bits per heavy atom. The van der Waals surface area contributed by atoms with Gasteiger partial charge in [-0.05, 0) is 81.5 Å². The highest BCUT2D eigenvalue weighted by atomic mass is 79.9. The number of benzene rings is 3. The van der Waals surface area contributed by atoms with Crippen LogP contribution in [0.1, 0.15) is 36.0 Å². The molecule has 0 bridgehead atoms. The Hall–Kier alpha value is -2.92. The molecule has 5 rings (SSSR count). The molecule has 1 aromatic heterocycles. The average molecular weight is 577 g/mol. The van der Waals surface area contributed by atoms with Crippen LogP contribution < -0.4 is 4.74 Å². The van der Waals surface area contributed by atoms with Crippen LogP contribution in [0.25, 0.3) is 21.2 Å². The van der Waals surface area contributed by atoms with Gasteiger partial charge in [-0.1, -0.05) is 48.4 Å². The van der Waals surface area contributed by atoms with E-state index in [0.717, 1.165) is 32.8 Å². The minimum atomic E-state index is 0. The Bertz CT molecular complexity index is 1500. The Morgan fingerprint density at radius 2 is 1.89 bits per heavy atom. The van der Waals surface area contributed by atoms with E-state index in [1.807, 2.05) is 19.1 Å². The fourth-order valence-corrected chi connectivity index (χ4v) is 6.15. The molecule has 0 saturated carbocycles. The second kappa shape index (κ2) is 11.9. The maximum Gasteiger partial charge on any atom is 0.119 e. The first-order valence-corrected chi connectivity index (χ1v) is 13.1. The standard InChI is InChI=1S/C29H24BrN3OS.H2S/c1-3-6-22(16-23-17-31-33-32-23)21-10-12-24(13-11-21)34-18-20-9-14-27-26(15-20)28(29(30)35-27)25-8-5-4-7-19(25)2;/h4-5,7-15,22H,16-18H2,1-2H3;1H2/t22-;/m0./s1. The average Bonchev–Trinajstić information content (AvgIpc) is 3.50. The van der Waals surface area contributed by atoms with E-state index in [4.69, 9.17) is 4.74 Å². The van der Waals surface area contributed by atoms with Crippen LogP contribution in [0.4, 0.5) is 0 Å². The van der Waals surface area contributed by atoms with E-state index in [1.54, 1.807) is 11.3 Å². The van der Waals surface area contributed by atoms with Crippen molar-refractivity contribution >= 4 is 56.6 Å². The van der Waals surface area contributed by atoms with Crippen LogP contribution in [-0.4, -0.2) is 12.3 Å². The first kappa shape index (κ1) is 26.2. The molecule has 1 aliphatic heterocycles. The first-order chi connectivity index (χ1) is 17.1. The second-order valence-corrected chi connectivity index (χ2v) is 10.8. The first-order valence-electron chi connectivity index (χ1n) is 11.5. The predicted molar refractivity (Wildman–Crippen MR) is 159 cm³/mol. The normalized spacial score (nSPS) is 13.0. The minimum Gasteiger partial charge on any atom is -0.489 e. The third kappa shape index (κ3) is 5.73. The second-order valence-electron chi connectivity index (χ2n) is 8.46. The maximum atomic E-state index is 6.15. The molecule has 182 valence electrons. The van der Waals surface area contributed by atoms with Gasteiger partial charge in [-0.3, -0.25) is 0 Å². The van der Waals surface area contributed by atoms with Crippen molar-refractivity contribution in [3.63, 3.8) is 0 Å². The zero-order chi connectivity index (χ0) is 24.2. The predicted octanol–water partition coefficient (Wildman–Crippen LogP) is 8.65. The van der Waals surface area contributed by atoms with Crippen molar-refractivity contribution in [3.8, 4) is 28.7 Å². The van der Waals surface area contributed by atoms with Crippen LogP contribution in [0.15, 0.2) is 86.0 Å². The lowest BCUT2D eigenvalue weighted by Gasteiger charge is -2.12. The summed E-state index contributed by atoms with van der Waals surface area (Å²) in [7, 11) is 0. The molecule has 0 unspecified atom stereocenters. The highest BCUT2D eigenvalue weighted by Gasteiger charge is 2.16. The van der Waals surface area contributed by atoms with Gasteiger partial charge in [0.2, 0.25) is 0 Å². The van der Waals surface area contributed by atoms with Crippen LogP contribution >= 0.6 is 40.8 Å². The third-order valence-corrected chi connectivity index (χ3v) is 7.91. The van der Waals surface area contributed by atoms with Gasteiger partial charge in [0, 0.05) is 22.1 Å². The molecule has 4 nitrogen and oxygen atoms in total. The number of ether oxygens (including phenoxy) is 1. The van der Waals surface area contributed by atoms with E-state index < -0.39 is 0 Å². The molecule has 0 fully saturated rings. The number of thiophene rings is 1. The van der Waals surface area contributed by atoms with Gasteiger partial charge in [0.05, 0.1) is 15.4 Å². The minimum absolute atomic E-state index is 0. The van der Waals surface area contributed by atoms with Gasteiger partial charge in [-0.25, -0.2) is 0 Å². The monoisotopic (exact) mass is 575 g/mol. The fourth-order valence-electron chi connectivity index (χ4n) is 4.28. The van der Waals surface area contributed by atoms with Crippen LogP contribution in [0.5, 0.6) is 5.75 Å². The molecule has 0 N–H and O–H groups in total. The summed E-state index contributed by atoms with van der Waals surface area (Å²) in [5, 5.41) is 13.0. The number of hydrogen-bond donors (Lipinski definition) is 0. The Labute approximate surface area is 231 Å². The number of nitrogens with zero attached hydrogens (tertiary/aromatic N) is 3. The van der Waals surface area contributed by atoms with Crippen molar-refractivity contribution in [2.75, 3.05) is 6.54 Å². The third-order valence-electron chi connectivity index (χ3n) is 6.07. The van der Waals surface area contributed by atoms with E-state index in [-0.39, 0.29) is 19.4 Å². The fraction of sp³-hybridized carbons (Fsp3) is 0.207. The molecule has 4 aromatic rings. The zero-order valence-electron chi connectivity index (χ0n) is 20.1. The van der Waals surface area contributed by atoms with E-state index in [1.165, 1.54) is 26.8 Å². The Balaban J connectivity index is 0.00000304. The highest BCUT2D eigenvalue weighted by Crippen LogP contribution is 2.43. The summed E-state index contributed by atoms with van der Waals surface area (Å²) in [6, 6.07) is 23.3. The Kier molecular flexibility index (Phi) is 8.63. The summed E-state index contributed by atoms with van der Waals surface area (Å²) in [6.45, 7) is 5.10. The molecule has 36 heavy (non-hydrogen) atoms. The van der Waals surface area contributed by atoms with Crippen molar-refractivity contribution < 1.29 is 4.74 Å². The van der Waals surface area contributed by atoms with Gasteiger partial charge < -0.3 is 4.74 Å². The summed E-state index contributed by atoms with van der Waals surface area (Å²) in [4.78, 5) is 0. The smallest absolute Gasteiger partial charge is 0.119 e. The Morgan fingerprint density at radius 3 is 2.61 bits per heavy atom. The van der Waals surface area contributed by atoms with Crippen molar-refractivity contribution in [3.05, 3.63) is 87.2 Å². The topological polar surface area (TPSA) is 46.3 Å². The number of hydrogen-bond acceptors (Lipinski definition) is 5.